The third-order valence-corrected chi connectivity index (χ3v) is 15.1. The molecule has 0 radical (unpaired) electrons. The van der Waals surface area contributed by atoms with Crippen LogP contribution in [0.5, 0.6) is 0 Å². The summed E-state index contributed by atoms with van der Waals surface area (Å²) in [5, 5.41) is 9.64. The number of carbonyl (C=O) groups excluding carboxylic acids is 3. The van der Waals surface area contributed by atoms with Crippen LogP contribution in [0.2, 0.25) is 0 Å². The van der Waals surface area contributed by atoms with Crippen molar-refractivity contribution in [2.45, 2.75) is 323 Å². The lowest BCUT2D eigenvalue weighted by Gasteiger charge is -2.33. The van der Waals surface area contributed by atoms with Crippen molar-refractivity contribution >= 4 is 17.7 Å². The van der Waals surface area contributed by atoms with E-state index in [4.69, 9.17) is 0 Å². The first-order valence-electron chi connectivity index (χ1n) is 31.2. The minimum atomic E-state index is -0.291. The average molecular weight is 967 g/mol. The third-order valence-electron chi connectivity index (χ3n) is 15.1. The lowest BCUT2D eigenvalue weighted by molar-refractivity contribution is -0.134. The Bertz CT molecular complexity index is 1120. The van der Waals surface area contributed by atoms with Crippen molar-refractivity contribution in [3.8, 4) is 0 Å². The topological polar surface area (TPSA) is 87.3 Å². The fraction of sp³-hybridized carbons (Fsp3) is 0.889. The van der Waals surface area contributed by atoms with Gasteiger partial charge >= 0.3 is 0 Å². The Kier molecular flexibility index (Phi) is 49.1. The van der Waals surface area contributed by atoms with E-state index in [1.807, 2.05) is 0 Å². The molecule has 0 heterocycles. The molecule has 0 unspecified atom stereocenters. The van der Waals surface area contributed by atoms with E-state index in [1.165, 1.54) is 244 Å². The van der Waals surface area contributed by atoms with Gasteiger partial charge in [-0.3, -0.25) is 14.4 Å². The van der Waals surface area contributed by atoms with Gasteiger partial charge in [0.15, 0.2) is 0 Å². The quantitative estimate of drug-likeness (QED) is 0.0419. The molecule has 1 aliphatic rings. The molecule has 1 fully saturated rings. The zero-order valence-corrected chi connectivity index (χ0v) is 46.6. The van der Waals surface area contributed by atoms with Crippen molar-refractivity contribution in [3.63, 3.8) is 0 Å². The smallest absolute Gasteiger partial charge is 0.223 e. The molecule has 404 valence electrons. The Labute approximate surface area is 430 Å². The van der Waals surface area contributed by atoms with E-state index in [9.17, 15) is 14.4 Å². The summed E-state index contributed by atoms with van der Waals surface area (Å²) < 4.78 is 0. The molecule has 0 spiro atoms. The van der Waals surface area contributed by atoms with Crippen molar-refractivity contribution in [2.75, 3.05) is 19.6 Å². The Morgan fingerprint density at radius 2 is 0.449 bits per heavy atom. The Morgan fingerprint density at radius 3 is 0.652 bits per heavy atom. The summed E-state index contributed by atoms with van der Waals surface area (Å²) in [6.07, 6.45) is 68.1. The molecule has 6 heteroatoms. The van der Waals surface area contributed by atoms with Crippen molar-refractivity contribution in [1.29, 1.82) is 0 Å². The Morgan fingerprint density at radius 1 is 0.275 bits per heavy atom. The molecule has 3 atom stereocenters. The molecule has 3 N–H and O–H groups in total. The highest BCUT2D eigenvalue weighted by Gasteiger charge is 2.38. The normalized spacial score (nSPS) is 16.2. The molecule has 0 bridgehead atoms. The number of unbranched alkanes of at least 4 members (excludes halogenated alkanes) is 39. The maximum atomic E-state index is 13.6. The molecule has 0 saturated heterocycles. The van der Waals surface area contributed by atoms with Crippen LogP contribution in [0.15, 0.2) is 24.3 Å². The van der Waals surface area contributed by atoms with Crippen LogP contribution in [-0.2, 0) is 14.4 Å². The van der Waals surface area contributed by atoms with Crippen LogP contribution in [0, 0.1) is 17.8 Å². The first-order valence-corrected chi connectivity index (χ1v) is 31.2. The molecule has 0 aliphatic heterocycles. The van der Waals surface area contributed by atoms with E-state index in [1.54, 1.807) is 0 Å². The summed E-state index contributed by atoms with van der Waals surface area (Å²) in [6.45, 7) is 8.89. The van der Waals surface area contributed by atoms with Crippen LogP contribution in [-0.4, -0.2) is 37.4 Å². The van der Waals surface area contributed by atoms with Crippen LogP contribution < -0.4 is 16.0 Å². The molecule has 6 nitrogen and oxygen atoms in total. The minimum Gasteiger partial charge on any atom is -0.356 e. The fourth-order valence-corrected chi connectivity index (χ4v) is 10.4. The van der Waals surface area contributed by atoms with E-state index < -0.39 is 0 Å². The molecule has 0 aromatic heterocycles. The molecular weight excluding hydrogens is 847 g/mol. The number of allylic oxidation sites excluding steroid dienone is 4. The van der Waals surface area contributed by atoms with Gasteiger partial charge in [0.1, 0.15) is 0 Å². The van der Waals surface area contributed by atoms with E-state index >= 15 is 0 Å². The van der Waals surface area contributed by atoms with Crippen LogP contribution in [0.3, 0.4) is 0 Å². The molecule has 0 aromatic carbocycles. The van der Waals surface area contributed by atoms with Gasteiger partial charge in [0.2, 0.25) is 17.7 Å². The van der Waals surface area contributed by atoms with Gasteiger partial charge in [0, 0.05) is 37.4 Å². The zero-order valence-electron chi connectivity index (χ0n) is 46.6. The summed E-state index contributed by atoms with van der Waals surface area (Å²) >= 11 is 0. The summed E-state index contributed by atoms with van der Waals surface area (Å²) in [6, 6.07) is 0. The lowest BCUT2D eigenvalue weighted by atomic mass is 9.74. The highest BCUT2D eigenvalue weighted by atomic mass is 16.2. The van der Waals surface area contributed by atoms with E-state index in [2.05, 4.69) is 61.0 Å². The molecule has 3 amide bonds. The predicted molar refractivity (Wildman–Crippen MR) is 302 cm³/mol. The predicted octanol–water partition coefficient (Wildman–Crippen LogP) is 18.7. The standard InChI is InChI=1S/C63H119N3O3/c1-4-7-10-13-16-19-22-25-28-31-34-37-40-43-46-49-52-64-61(67)58-55-59(62(68)65-53-50-47-44-41-38-35-32-29-26-23-20-17-14-11-8-5-2)57-60(56-58)63(69)66-54-51-48-45-42-39-36-33-30-27-24-21-18-15-12-9-6-3/h25-26,28-29,58-60H,4-24,27,30-57H2,1-3H3,(H,64,67)(H,65,68)(H,66,69)/b28-25-,29-26-/t58-,59+,60-. The zero-order chi connectivity index (χ0) is 49.8. The second-order valence-corrected chi connectivity index (χ2v) is 21.8. The SMILES string of the molecule is CCCCCCCC/C=C\CCCCCCCCNC(=O)[C@@H]1C[C@H](C(=O)NCCCCCCCC/C=C\CCCCCCCC)C[C@H](C(=O)NCCCCCCCCCCCCCCCCCC)C1. The number of carbonyl (C=O) groups is 3. The van der Waals surface area contributed by atoms with Crippen LogP contribution in [0.25, 0.3) is 0 Å². The maximum absolute atomic E-state index is 13.6. The third kappa shape index (κ3) is 43.2. The number of hydrogen-bond donors (Lipinski definition) is 3. The van der Waals surface area contributed by atoms with Gasteiger partial charge in [-0.2, -0.15) is 0 Å². The highest BCUT2D eigenvalue weighted by molar-refractivity contribution is 5.86. The van der Waals surface area contributed by atoms with Crippen molar-refractivity contribution in [1.82, 2.24) is 16.0 Å². The summed E-state index contributed by atoms with van der Waals surface area (Å²) in [5.41, 5.74) is 0. The number of rotatable bonds is 52. The van der Waals surface area contributed by atoms with Gasteiger partial charge in [-0.1, -0.05) is 257 Å². The second-order valence-electron chi connectivity index (χ2n) is 21.8. The minimum absolute atomic E-state index is 0.0316. The summed E-state index contributed by atoms with van der Waals surface area (Å²) in [7, 11) is 0. The van der Waals surface area contributed by atoms with Crippen LogP contribution >= 0.6 is 0 Å². The van der Waals surface area contributed by atoms with E-state index in [-0.39, 0.29) is 35.5 Å². The van der Waals surface area contributed by atoms with Gasteiger partial charge in [-0.15, -0.1) is 0 Å². The Hall–Kier alpha value is -2.11. The summed E-state index contributed by atoms with van der Waals surface area (Å²) in [5.74, 6) is -0.774. The monoisotopic (exact) mass is 966 g/mol. The fourth-order valence-electron chi connectivity index (χ4n) is 10.4. The molecule has 1 aliphatic carbocycles. The van der Waals surface area contributed by atoms with Gasteiger partial charge < -0.3 is 16.0 Å². The van der Waals surface area contributed by atoms with Gasteiger partial charge in [-0.25, -0.2) is 0 Å². The van der Waals surface area contributed by atoms with Crippen LogP contribution in [0.1, 0.15) is 323 Å². The first-order chi connectivity index (χ1) is 34.0. The second kappa shape index (κ2) is 52.2. The van der Waals surface area contributed by atoms with Crippen LogP contribution in [0.4, 0.5) is 0 Å². The van der Waals surface area contributed by atoms with Crippen molar-refractivity contribution in [2.24, 2.45) is 17.8 Å². The van der Waals surface area contributed by atoms with Gasteiger partial charge in [-0.05, 0) is 89.9 Å². The Balaban J connectivity index is 2.38. The molecule has 69 heavy (non-hydrogen) atoms. The number of hydrogen-bond acceptors (Lipinski definition) is 3. The first kappa shape index (κ1) is 64.9. The lowest BCUT2D eigenvalue weighted by Crippen LogP contribution is -2.45. The van der Waals surface area contributed by atoms with Gasteiger partial charge in [0.05, 0.1) is 0 Å². The maximum Gasteiger partial charge on any atom is 0.223 e. The number of amides is 3. The molecule has 1 saturated carbocycles. The number of nitrogens with one attached hydrogen (secondary N) is 3. The van der Waals surface area contributed by atoms with Crippen molar-refractivity contribution in [3.05, 3.63) is 24.3 Å². The molecular formula is C63H119N3O3. The van der Waals surface area contributed by atoms with Crippen molar-refractivity contribution < 1.29 is 14.4 Å². The molecule has 1 rings (SSSR count). The highest BCUT2D eigenvalue weighted by Crippen LogP contribution is 2.34. The molecule has 0 aromatic rings. The van der Waals surface area contributed by atoms with E-state index in [0.29, 0.717) is 38.9 Å². The van der Waals surface area contributed by atoms with Gasteiger partial charge in [0.25, 0.3) is 0 Å². The summed E-state index contributed by atoms with van der Waals surface area (Å²) in [4.78, 5) is 40.7. The van der Waals surface area contributed by atoms with E-state index in [0.717, 1.165) is 38.5 Å². The largest absolute Gasteiger partial charge is 0.356 e. The average Bonchev–Trinajstić information content (AvgIpc) is 3.36.